The van der Waals surface area contributed by atoms with Gasteiger partial charge in [0.2, 0.25) is 0 Å². The number of para-hydroxylation sites is 2. The Bertz CT molecular complexity index is 831. The lowest BCUT2D eigenvalue weighted by molar-refractivity contribution is 0.210. The standard InChI is InChI=1S/C22H26ClN3/c1-21(2)10-12-22(13-11-21)20(24-15-16-6-5-7-17(23)14-16)25-18-8-3-4-9-19(18)26-22/h3-9,14,26H,10-13,15H2,1-2H3,(H,24,25). The second kappa shape index (κ2) is 6.62. The largest absolute Gasteiger partial charge is 0.371 e. The molecule has 0 unspecified atom stereocenters. The highest BCUT2D eigenvalue weighted by atomic mass is 35.5. The lowest BCUT2D eigenvalue weighted by Crippen LogP contribution is -2.55. The summed E-state index contributed by atoms with van der Waals surface area (Å²) >= 11 is 6.13. The van der Waals surface area contributed by atoms with E-state index >= 15 is 0 Å². The summed E-state index contributed by atoms with van der Waals surface area (Å²) in [6, 6.07) is 16.4. The molecule has 0 bridgehead atoms. The molecule has 2 N–H and O–H groups in total. The third kappa shape index (κ3) is 3.45. The van der Waals surface area contributed by atoms with E-state index in [0.29, 0.717) is 12.0 Å². The van der Waals surface area contributed by atoms with Crippen LogP contribution in [0.25, 0.3) is 0 Å². The van der Waals surface area contributed by atoms with Gasteiger partial charge in [0.25, 0.3) is 0 Å². The Balaban J connectivity index is 1.66. The number of aliphatic imine (C=N–C) groups is 1. The highest BCUT2D eigenvalue weighted by Crippen LogP contribution is 2.45. The summed E-state index contributed by atoms with van der Waals surface area (Å²) in [7, 11) is 0. The molecule has 0 atom stereocenters. The topological polar surface area (TPSA) is 36.4 Å². The van der Waals surface area contributed by atoms with Gasteiger partial charge in [0, 0.05) is 5.02 Å². The molecule has 2 aliphatic rings. The Hall–Kier alpha value is -2.00. The third-order valence-corrected chi connectivity index (χ3v) is 6.01. The van der Waals surface area contributed by atoms with E-state index in [4.69, 9.17) is 16.6 Å². The average molecular weight is 368 g/mol. The molecular weight excluding hydrogens is 342 g/mol. The molecule has 3 nitrogen and oxygen atoms in total. The lowest BCUT2D eigenvalue weighted by atomic mass is 9.68. The van der Waals surface area contributed by atoms with Gasteiger partial charge in [0.15, 0.2) is 0 Å². The molecule has 0 saturated heterocycles. The van der Waals surface area contributed by atoms with Crippen LogP contribution in [0.2, 0.25) is 5.02 Å². The van der Waals surface area contributed by atoms with Crippen molar-refractivity contribution < 1.29 is 0 Å². The van der Waals surface area contributed by atoms with Crippen LogP contribution in [0, 0.1) is 5.41 Å². The molecule has 1 aliphatic heterocycles. The summed E-state index contributed by atoms with van der Waals surface area (Å²) in [5.74, 6) is 1.06. The minimum absolute atomic E-state index is 0.0948. The maximum atomic E-state index is 6.13. The summed E-state index contributed by atoms with van der Waals surface area (Å²) in [6.45, 7) is 5.37. The van der Waals surface area contributed by atoms with E-state index in [1.807, 2.05) is 18.2 Å². The van der Waals surface area contributed by atoms with Crippen LogP contribution in [0.15, 0.2) is 53.5 Å². The highest BCUT2D eigenvalue weighted by molar-refractivity contribution is 6.30. The summed E-state index contributed by atoms with van der Waals surface area (Å²) in [4.78, 5) is 5.00. The molecule has 0 radical (unpaired) electrons. The van der Waals surface area contributed by atoms with E-state index in [-0.39, 0.29) is 5.54 Å². The van der Waals surface area contributed by atoms with E-state index in [0.717, 1.165) is 35.0 Å². The molecule has 2 aromatic rings. The average Bonchev–Trinajstić information content (AvgIpc) is 2.63. The molecule has 1 saturated carbocycles. The predicted octanol–water partition coefficient (Wildman–Crippen LogP) is 6.12. The van der Waals surface area contributed by atoms with E-state index < -0.39 is 0 Å². The molecule has 1 heterocycles. The number of nitrogens with one attached hydrogen (secondary N) is 2. The molecule has 0 amide bonds. The molecule has 4 heteroatoms. The van der Waals surface area contributed by atoms with Crippen molar-refractivity contribution in [3.8, 4) is 0 Å². The van der Waals surface area contributed by atoms with Crippen LogP contribution in [-0.2, 0) is 6.54 Å². The minimum atomic E-state index is -0.0948. The first kappa shape index (κ1) is 17.4. The fraction of sp³-hybridized carbons (Fsp3) is 0.409. The molecule has 4 rings (SSSR count). The van der Waals surface area contributed by atoms with Gasteiger partial charge < -0.3 is 10.6 Å². The number of rotatable bonds is 2. The van der Waals surface area contributed by atoms with Gasteiger partial charge in [-0.3, -0.25) is 4.99 Å². The van der Waals surface area contributed by atoms with Crippen molar-refractivity contribution in [1.82, 2.24) is 0 Å². The Kier molecular flexibility index (Phi) is 4.44. The van der Waals surface area contributed by atoms with Gasteiger partial charge in [-0.2, -0.15) is 0 Å². The first-order valence-corrected chi connectivity index (χ1v) is 9.77. The number of amidine groups is 1. The molecular formula is C22H26ClN3. The number of hydrogen-bond acceptors (Lipinski definition) is 2. The Morgan fingerprint density at radius 3 is 2.42 bits per heavy atom. The molecule has 136 valence electrons. The second-order valence-corrected chi connectivity index (χ2v) is 8.77. The molecule has 1 aliphatic carbocycles. The Morgan fingerprint density at radius 1 is 0.962 bits per heavy atom. The molecule has 0 aromatic heterocycles. The van der Waals surface area contributed by atoms with Crippen molar-refractivity contribution in [2.45, 2.75) is 51.6 Å². The summed E-state index contributed by atoms with van der Waals surface area (Å²) < 4.78 is 0. The van der Waals surface area contributed by atoms with Crippen molar-refractivity contribution >= 4 is 28.8 Å². The number of benzene rings is 2. The van der Waals surface area contributed by atoms with Crippen molar-refractivity contribution in [2.75, 3.05) is 10.6 Å². The maximum Gasteiger partial charge on any atom is 0.127 e. The molecule has 1 spiro atoms. The normalized spacial score (nSPS) is 21.7. The zero-order valence-corrected chi connectivity index (χ0v) is 16.2. The van der Waals surface area contributed by atoms with Crippen LogP contribution in [-0.4, -0.2) is 11.4 Å². The van der Waals surface area contributed by atoms with Crippen LogP contribution in [0.1, 0.15) is 45.1 Å². The van der Waals surface area contributed by atoms with Crippen molar-refractivity contribution in [3.05, 3.63) is 59.1 Å². The van der Waals surface area contributed by atoms with Gasteiger partial charge in [0.1, 0.15) is 5.84 Å². The number of halogens is 1. The van der Waals surface area contributed by atoms with Gasteiger partial charge >= 0.3 is 0 Å². The van der Waals surface area contributed by atoms with Crippen molar-refractivity contribution in [3.63, 3.8) is 0 Å². The van der Waals surface area contributed by atoms with Gasteiger partial charge in [-0.15, -0.1) is 0 Å². The zero-order chi connectivity index (χ0) is 18.2. The first-order valence-electron chi connectivity index (χ1n) is 9.40. The monoisotopic (exact) mass is 367 g/mol. The van der Waals surface area contributed by atoms with Crippen LogP contribution >= 0.6 is 11.6 Å². The fourth-order valence-corrected chi connectivity index (χ4v) is 4.19. The van der Waals surface area contributed by atoms with Crippen LogP contribution < -0.4 is 10.6 Å². The number of nitrogens with zero attached hydrogens (tertiary/aromatic N) is 1. The van der Waals surface area contributed by atoms with Crippen LogP contribution in [0.4, 0.5) is 11.4 Å². The molecule has 26 heavy (non-hydrogen) atoms. The predicted molar refractivity (Wildman–Crippen MR) is 111 cm³/mol. The van der Waals surface area contributed by atoms with Gasteiger partial charge in [-0.1, -0.05) is 49.7 Å². The number of hydrogen-bond donors (Lipinski definition) is 2. The van der Waals surface area contributed by atoms with E-state index in [2.05, 4.69) is 54.8 Å². The molecule has 2 aromatic carbocycles. The summed E-state index contributed by atoms with van der Waals surface area (Å²) in [5, 5.41) is 8.21. The van der Waals surface area contributed by atoms with Crippen molar-refractivity contribution in [1.29, 1.82) is 0 Å². The quantitative estimate of drug-likeness (QED) is 0.671. The summed E-state index contributed by atoms with van der Waals surface area (Å²) in [6.07, 6.45) is 4.57. The van der Waals surface area contributed by atoms with Gasteiger partial charge in [-0.05, 0) is 60.9 Å². The Labute approximate surface area is 160 Å². The lowest BCUT2D eigenvalue weighted by Gasteiger charge is -2.47. The smallest absolute Gasteiger partial charge is 0.127 e. The van der Waals surface area contributed by atoms with Crippen molar-refractivity contribution in [2.24, 2.45) is 10.4 Å². The number of fused-ring (bicyclic) bond motifs is 1. The van der Waals surface area contributed by atoms with Crippen LogP contribution in [0.5, 0.6) is 0 Å². The highest BCUT2D eigenvalue weighted by Gasteiger charge is 2.44. The van der Waals surface area contributed by atoms with Gasteiger partial charge in [-0.25, -0.2) is 0 Å². The van der Waals surface area contributed by atoms with E-state index in [9.17, 15) is 0 Å². The SMILES string of the molecule is CC1(C)CCC2(CC1)Nc1ccccc1NC2=NCc1cccc(Cl)c1. The maximum absolute atomic E-state index is 6.13. The second-order valence-electron chi connectivity index (χ2n) is 8.34. The molecule has 1 fully saturated rings. The van der Waals surface area contributed by atoms with E-state index in [1.54, 1.807) is 0 Å². The zero-order valence-electron chi connectivity index (χ0n) is 15.5. The third-order valence-electron chi connectivity index (χ3n) is 5.77. The number of anilines is 2. The Morgan fingerprint density at radius 2 is 1.69 bits per heavy atom. The minimum Gasteiger partial charge on any atom is -0.371 e. The fourth-order valence-electron chi connectivity index (χ4n) is 3.98. The van der Waals surface area contributed by atoms with Crippen LogP contribution in [0.3, 0.4) is 0 Å². The summed E-state index contributed by atoms with van der Waals surface area (Å²) in [5.41, 5.74) is 3.73. The first-order chi connectivity index (χ1) is 12.5. The van der Waals surface area contributed by atoms with Gasteiger partial charge in [0.05, 0.1) is 23.5 Å². The van der Waals surface area contributed by atoms with E-state index in [1.165, 1.54) is 18.5 Å².